The van der Waals surface area contributed by atoms with Crippen molar-refractivity contribution in [1.82, 2.24) is 0 Å². The number of ether oxygens (including phenoxy) is 3. The van der Waals surface area contributed by atoms with Crippen LogP contribution in [-0.2, 0) is 6.61 Å². The Morgan fingerprint density at radius 1 is 1.19 bits per heavy atom. The molecule has 0 amide bonds. The van der Waals surface area contributed by atoms with E-state index >= 15 is 0 Å². The fourth-order valence-corrected chi connectivity index (χ4v) is 2.16. The molecular formula is C15H11ClO5. The van der Waals surface area contributed by atoms with Gasteiger partial charge in [0.25, 0.3) is 0 Å². The van der Waals surface area contributed by atoms with E-state index < -0.39 is 5.97 Å². The maximum atomic E-state index is 10.8. The first-order valence-electron chi connectivity index (χ1n) is 6.17. The van der Waals surface area contributed by atoms with E-state index in [1.54, 1.807) is 24.3 Å². The highest BCUT2D eigenvalue weighted by Gasteiger charge is 2.14. The molecule has 3 rings (SSSR count). The number of carboxylic acid groups (broad SMARTS) is 1. The van der Waals surface area contributed by atoms with Crippen LogP contribution in [0.1, 0.15) is 15.9 Å². The van der Waals surface area contributed by atoms with Gasteiger partial charge in [0.1, 0.15) is 12.4 Å². The molecule has 1 aliphatic rings. The molecule has 0 saturated heterocycles. The molecule has 1 aliphatic heterocycles. The molecule has 0 atom stereocenters. The van der Waals surface area contributed by atoms with Crippen molar-refractivity contribution >= 4 is 17.6 Å². The van der Waals surface area contributed by atoms with Gasteiger partial charge in [-0.25, -0.2) is 4.79 Å². The van der Waals surface area contributed by atoms with Crippen LogP contribution in [0.3, 0.4) is 0 Å². The Morgan fingerprint density at radius 2 is 2.00 bits per heavy atom. The number of hydrogen-bond donors (Lipinski definition) is 1. The van der Waals surface area contributed by atoms with Crippen LogP contribution in [0, 0.1) is 0 Å². The van der Waals surface area contributed by atoms with E-state index in [2.05, 4.69) is 0 Å². The van der Waals surface area contributed by atoms with Crippen molar-refractivity contribution in [1.29, 1.82) is 0 Å². The summed E-state index contributed by atoms with van der Waals surface area (Å²) in [4.78, 5) is 10.8. The Hall–Kier alpha value is -2.40. The molecular weight excluding hydrogens is 296 g/mol. The van der Waals surface area contributed by atoms with Crippen molar-refractivity contribution < 1.29 is 24.1 Å². The van der Waals surface area contributed by atoms with Crippen LogP contribution < -0.4 is 14.2 Å². The number of fused-ring (bicyclic) bond motifs is 1. The lowest BCUT2D eigenvalue weighted by Gasteiger charge is -2.09. The fourth-order valence-electron chi connectivity index (χ4n) is 1.93. The van der Waals surface area contributed by atoms with E-state index in [0.717, 1.165) is 0 Å². The van der Waals surface area contributed by atoms with E-state index in [1.807, 2.05) is 0 Å². The molecule has 0 aliphatic carbocycles. The maximum Gasteiger partial charge on any atom is 0.335 e. The second kappa shape index (κ2) is 5.54. The summed E-state index contributed by atoms with van der Waals surface area (Å²) in [5, 5.41) is 9.24. The monoisotopic (exact) mass is 306 g/mol. The largest absolute Gasteiger partial charge is 0.489 e. The summed E-state index contributed by atoms with van der Waals surface area (Å²) in [7, 11) is 0. The van der Waals surface area contributed by atoms with Crippen molar-refractivity contribution in [3.8, 4) is 17.2 Å². The molecule has 0 aromatic heterocycles. The Balaban J connectivity index is 1.71. The molecule has 108 valence electrons. The molecule has 0 unspecified atom stereocenters. The van der Waals surface area contributed by atoms with Gasteiger partial charge in [-0.2, -0.15) is 0 Å². The number of halogens is 1. The number of carboxylic acids is 1. The molecule has 1 heterocycles. The van der Waals surface area contributed by atoms with Gasteiger partial charge in [0.2, 0.25) is 6.79 Å². The quantitative estimate of drug-likeness (QED) is 0.938. The molecule has 6 heteroatoms. The predicted molar refractivity (Wildman–Crippen MR) is 75.3 cm³/mol. The highest BCUT2D eigenvalue weighted by Crippen LogP contribution is 2.35. The zero-order chi connectivity index (χ0) is 14.8. The second-order valence-corrected chi connectivity index (χ2v) is 4.82. The Labute approximate surface area is 125 Å². The minimum atomic E-state index is -1.01. The third-order valence-electron chi connectivity index (χ3n) is 3.04. The van der Waals surface area contributed by atoms with Crippen molar-refractivity contribution in [2.45, 2.75) is 6.61 Å². The first-order chi connectivity index (χ1) is 10.1. The van der Waals surface area contributed by atoms with E-state index in [0.29, 0.717) is 27.8 Å². The zero-order valence-corrected chi connectivity index (χ0v) is 11.6. The van der Waals surface area contributed by atoms with Crippen LogP contribution in [0.5, 0.6) is 17.2 Å². The van der Waals surface area contributed by atoms with Crippen LogP contribution in [0.2, 0.25) is 5.02 Å². The van der Waals surface area contributed by atoms with Gasteiger partial charge in [0.15, 0.2) is 11.5 Å². The van der Waals surface area contributed by atoms with Crippen molar-refractivity contribution in [3.05, 3.63) is 52.5 Å². The molecule has 0 radical (unpaired) electrons. The van der Waals surface area contributed by atoms with E-state index in [4.69, 9.17) is 30.9 Å². The summed E-state index contributed by atoms with van der Waals surface area (Å²) in [5.41, 5.74) is 0.853. The van der Waals surface area contributed by atoms with Gasteiger partial charge < -0.3 is 19.3 Å². The average Bonchev–Trinajstić information content (AvgIpc) is 2.93. The van der Waals surface area contributed by atoms with Crippen LogP contribution in [0.15, 0.2) is 36.4 Å². The standard InChI is InChI=1S/C15H11ClO5/c16-12-5-9(15(17)18)1-2-10(12)7-19-11-3-4-13-14(6-11)21-8-20-13/h1-6H,7-8H2,(H,17,18). The van der Waals surface area contributed by atoms with E-state index in [-0.39, 0.29) is 19.0 Å². The van der Waals surface area contributed by atoms with Gasteiger partial charge in [0, 0.05) is 16.7 Å². The third kappa shape index (κ3) is 2.87. The number of rotatable bonds is 4. The molecule has 0 saturated carbocycles. The van der Waals surface area contributed by atoms with Crippen LogP contribution in [0.4, 0.5) is 0 Å². The Bertz CT molecular complexity index is 698. The van der Waals surface area contributed by atoms with E-state index in [1.165, 1.54) is 12.1 Å². The van der Waals surface area contributed by atoms with Gasteiger partial charge >= 0.3 is 5.97 Å². The van der Waals surface area contributed by atoms with Crippen LogP contribution in [0.25, 0.3) is 0 Å². The Morgan fingerprint density at radius 3 is 2.76 bits per heavy atom. The highest BCUT2D eigenvalue weighted by atomic mass is 35.5. The fraction of sp³-hybridized carbons (Fsp3) is 0.133. The summed E-state index contributed by atoms with van der Waals surface area (Å²) in [6.45, 7) is 0.444. The topological polar surface area (TPSA) is 65.0 Å². The molecule has 21 heavy (non-hydrogen) atoms. The highest BCUT2D eigenvalue weighted by molar-refractivity contribution is 6.31. The normalized spacial score (nSPS) is 12.2. The summed E-state index contributed by atoms with van der Waals surface area (Å²) in [5.74, 6) is 0.934. The SMILES string of the molecule is O=C(O)c1ccc(COc2ccc3c(c2)OCO3)c(Cl)c1. The van der Waals surface area contributed by atoms with Crippen molar-refractivity contribution in [2.24, 2.45) is 0 Å². The lowest BCUT2D eigenvalue weighted by Crippen LogP contribution is -2.00. The number of carbonyl (C=O) groups is 1. The van der Waals surface area contributed by atoms with Gasteiger partial charge in [-0.15, -0.1) is 0 Å². The minimum Gasteiger partial charge on any atom is -0.489 e. The smallest absolute Gasteiger partial charge is 0.335 e. The van der Waals surface area contributed by atoms with Crippen molar-refractivity contribution in [2.75, 3.05) is 6.79 Å². The van der Waals surface area contributed by atoms with Crippen molar-refractivity contribution in [3.63, 3.8) is 0 Å². The first kappa shape index (κ1) is 13.6. The lowest BCUT2D eigenvalue weighted by atomic mass is 10.1. The molecule has 0 bridgehead atoms. The number of aromatic carboxylic acids is 1. The van der Waals surface area contributed by atoms with Crippen LogP contribution in [-0.4, -0.2) is 17.9 Å². The summed E-state index contributed by atoms with van der Waals surface area (Å²) in [6.07, 6.45) is 0. The lowest BCUT2D eigenvalue weighted by molar-refractivity contribution is 0.0697. The molecule has 0 fully saturated rings. The summed E-state index contributed by atoms with van der Waals surface area (Å²) < 4.78 is 16.1. The predicted octanol–water partition coefficient (Wildman–Crippen LogP) is 3.35. The summed E-state index contributed by atoms with van der Waals surface area (Å²) in [6, 6.07) is 9.81. The maximum absolute atomic E-state index is 10.8. The average molecular weight is 307 g/mol. The third-order valence-corrected chi connectivity index (χ3v) is 3.39. The van der Waals surface area contributed by atoms with Gasteiger partial charge in [-0.05, 0) is 24.3 Å². The first-order valence-corrected chi connectivity index (χ1v) is 6.55. The molecule has 5 nitrogen and oxygen atoms in total. The van der Waals surface area contributed by atoms with Gasteiger partial charge in [0.05, 0.1) is 5.56 Å². The van der Waals surface area contributed by atoms with E-state index in [9.17, 15) is 4.79 Å². The second-order valence-electron chi connectivity index (χ2n) is 4.42. The number of benzene rings is 2. The van der Waals surface area contributed by atoms with Crippen LogP contribution >= 0.6 is 11.6 Å². The van der Waals surface area contributed by atoms with Gasteiger partial charge in [-0.3, -0.25) is 0 Å². The number of hydrogen-bond acceptors (Lipinski definition) is 4. The Kier molecular flexibility index (Phi) is 3.58. The summed E-state index contributed by atoms with van der Waals surface area (Å²) >= 11 is 6.05. The zero-order valence-electron chi connectivity index (χ0n) is 10.8. The molecule has 0 spiro atoms. The molecule has 2 aromatic rings. The molecule has 1 N–H and O–H groups in total. The minimum absolute atomic E-state index is 0.145. The van der Waals surface area contributed by atoms with Gasteiger partial charge in [-0.1, -0.05) is 17.7 Å². The molecule has 2 aromatic carbocycles.